The van der Waals surface area contributed by atoms with Gasteiger partial charge in [-0.05, 0) is 45.0 Å². The minimum Gasteiger partial charge on any atom is -0.493 e. The number of ether oxygens (including phenoxy) is 1. The number of aryl methyl sites for hydroxylation is 2. The molecule has 0 bridgehead atoms. The monoisotopic (exact) mass is 350 g/mol. The van der Waals surface area contributed by atoms with Crippen molar-refractivity contribution in [2.45, 2.75) is 27.7 Å². The summed E-state index contributed by atoms with van der Waals surface area (Å²) in [5, 5.41) is 4.30. The Labute approximate surface area is 152 Å². The number of para-hydroxylation sites is 2. The van der Waals surface area contributed by atoms with E-state index in [1.54, 1.807) is 12.1 Å². The molecule has 0 saturated heterocycles. The van der Waals surface area contributed by atoms with E-state index in [1.165, 1.54) is 6.92 Å². The smallest absolute Gasteiger partial charge is 0.221 e. The second-order valence-corrected chi connectivity index (χ2v) is 6.14. The van der Waals surface area contributed by atoms with Crippen molar-refractivity contribution in [3.63, 3.8) is 0 Å². The second-order valence-electron chi connectivity index (χ2n) is 6.14. The number of nitrogens with zero attached hydrogens (tertiary/aromatic N) is 1. The zero-order valence-corrected chi connectivity index (χ0v) is 15.4. The van der Waals surface area contributed by atoms with Gasteiger partial charge in [-0.2, -0.15) is 0 Å². The number of hydrogen-bond acceptors (Lipinski definition) is 3. The average Bonchev–Trinajstić information content (AvgIpc) is 2.73. The van der Waals surface area contributed by atoms with E-state index in [4.69, 9.17) is 4.74 Å². The van der Waals surface area contributed by atoms with Crippen LogP contribution in [0.15, 0.2) is 47.3 Å². The van der Waals surface area contributed by atoms with Crippen LogP contribution in [-0.2, 0) is 4.79 Å². The number of hydrogen-bond donors (Lipinski definition) is 1. The lowest BCUT2D eigenvalue weighted by atomic mass is 10.2. The van der Waals surface area contributed by atoms with Crippen molar-refractivity contribution in [3.8, 4) is 11.4 Å². The molecule has 0 aliphatic carbocycles. The molecule has 0 fully saturated rings. The summed E-state index contributed by atoms with van der Waals surface area (Å²) in [6, 6.07) is 12.7. The maximum atomic E-state index is 12.7. The normalized spacial score (nSPS) is 10.8. The molecule has 3 rings (SSSR count). The van der Waals surface area contributed by atoms with Crippen molar-refractivity contribution in [3.05, 3.63) is 64.1 Å². The molecule has 0 atom stereocenters. The Morgan fingerprint density at radius 2 is 1.73 bits per heavy atom. The minimum atomic E-state index is -0.143. The molecule has 134 valence electrons. The summed E-state index contributed by atoms with van der Waals surface area (Å²) in [5.41, 5.74) is 3.17. The van der Waals surface area contributed by atoms with Crippen LogP contribution in [-0.4, -0.2) is 17.1 Å². The summed E-state index contributed by atoms with van der Waals surface area (Å²) in [4.78, 5) is 24.3. The van der Waals surface area contributed by atoms with Crippen LogP contribution in [0.3, 0.4) is 0 Å². The van der Waals surface area contributed by atoms with E-state index >= 15 is 0 Å². The maximum Gasteiger partial charge on any atom is 0.221 e. The van der Waals surface area contributed by atoms with Crippen LogP contribution in [0.1, 0.15) is 25.2 Å². The van der Waals surface area contributed by atoms with Gasteiger partial charge < -0.3 is 14.6 Å². The van der Waals surface area contributed by atoms with Gasteiger partial charge in [-0.3, -0.25) is 9.59 Å². The first-order chi connectivity index (χ1) is 12.5. The van der Waals surface area contributed by atoms with E-state index in [2.05, 4.69) is 5.32 Å². The first-order valence-corrected chi connectivity index (χ1v) is 8.60. The van der Waals surface area contributed by atoms with E-state index < -0.39 is 0 Å². The number of benzene rings is 1. The van der Waals surface area contributed by atoms with Crippen molar-refractivity contribution in [2.24, 2.45) is 0 Å². The summed E-state index contributed by atoms with van der Waals surface area (Å²) in [6.45, 7) is 7.78. The Morgan fingerprint density at radius 1 is 1.04 bits per heavy atom. The van der Waals surface area contributed by atoms with Crippen LogP contribution < -0.4 is 15.5 Å². The first kappa shape index (κ1) is 17.7. The van der Waals surface area contributed by atoms with E-state index in [0.29, 0.717) is 23.4 Å². The van der Waals surface area contributed by atoms with Gasteiger partial charge in [0.05, 0.1) is 23.4 Å². The highest BCUT2D eigenvalue weighted by Gasteiger charge is 2.19. The van der Waals surface area contributed by atoms with E-state index in [9.17, 15) is 9.59 Å². The summed E-state index contributed by atoms with van der Waals surface area (Å²) in [6.07, 6.45) is 0. The molecule has 0 radical (unpaired) electrons. The fourth-order valence-electron chi connectivity index (χ4n) is 3.43. The van der Waals surface area contributed by atoms with Gasteiger partial charge in [-0.1, -0.05) is 18.2 Å². The number of fused-ring (bicyclic) bond motifs is 1. The summed E-state index contributed by atoms with van der Waals surface area (Å²) < 4.78 is 7.79. The molecule has 1 heterocycles. The lowest BCUT2D eigenvalue weighted by Crippen LogP contribution is -2.10. The highest BCUT2D eigenvalue weighted by atomic mass is 16.5. The fourth-order valence-corrected chi connectivity index (χ4v) is 3.43. The molecule has 0 unspecified atom stereocenters. The second kappa shape index (κ2) is 7.04. The quantitative estimate of drug-likeness (QED) is 0.775. The zero-order chi connectivity index (χ0) is 18.8. The number of aromatic nitrogens is 1. The zero-order valence-electron chi connectivity index (χ0n) is 15.4. The third-order valence-corrected chi connectivity index (χ3v) is 4.39. The molecule has 5 heteroatoms. The van der Waals surface area contributed by atoms with Crippen LogP contribution in [0.25, 0.3) is 16.5 Å². The van der Waals surface area contributed by atoms with Gasteiger partial charge in [0.2, 0.25) is 5.91 Å². The molecule has 0 aliphatic heterocycles. The Hall–Kier alpha value is -3.08. The first-order valence-electron chi connectivity index (χ1n) is 8.60. The Morgan fingerprint density at radius 3 is 2.42 bits per heavy atom. The largest absolute Gasteiger partial charge is 0.493 e. The lowest BCUT2D eigenvalue weighted by molar-refractivity contribution is -0.114. The van der Waals surface area contributed by atoms with Gasteiger partial charge in [0.25, 0.3) is 0 Å². The number of nitrogens with one attached hydrogen (secondary N) is 1. The summed E-state index contributed by atoms with van der Waals surface area (Å²) >= 11 is 0. The molecule has 2 aromatic carbocycles. The molecule has 0 saturated carbocycles. The van der Waals surface area contributed by atoms with Crippen LogP contribution >= 0.6 is 0 Å². The van der Waals surface area contributed by atoms with Crippen molar-refractivity contribution in [2.75, 3.05) is 11.9 Å². The van der Waals surface area contributed by atoms with Gasteiger partial charge in [0.1, 0.15) is 5.75 Å². The van der Waals surface area contributed by atoms with Crippen LogP contribution in [0.2, 0.25) is 0 Å². The third-order valence-electron chi connectivity index (χ3n) is 4.39. The lowest BCUT2D eigenvalue weighted by Gasteiger charge is -2.15. The van der Waals surface area contributed by atoms with Crippen molar-refractivity contribution in [1.82, 2.24) is 4.57 Å². The molecule has 5 nitrogen and oxygen atoms in total. The molecule has 1 amide bonds. The average molecular weight is 350 g/mol. The van der Waals surface area contributed by atoms with E-state index in [1.807, 2.05) is 55.7 Å². The topological polar surface area (TPSA) is 60.3 Å². The Bertz CT molecular complexity index is 1050. The fraction of sp³-hybridized carbons (Fsp3) is 0.238. The predicted octanol–water partition coefficient (Wildman–Crippen LogP) is 3.96. The van der Waals surface area contributed by atoms with Crippen molar-refractivity contribution in [1.29, 1.82) is 0 Å². The molecule has 1 aromatic heterocycles. The number of rotatable bonds is 4. The van der Waals surface area contributed by atoms with E-state index in [-0.39, 0.29) is 11.3 Å². The number of carbonyl (C=O) groups is 1. The van der Waals surface area contributed by atoms with E-state index in [0.717, 1.165) is 22.5 Å². The molecule has 0 aliphatic rings. The standard InChI is InChI=1S/C21H22N2O3/c1-5-26-19-12-8-11-18(25)20-13(2)23(14(3)21(19)20)17-10-7-6-9-16(17)22-15(4)24/h6-12H,5H2,1-4H3,(H,22,24). The van der Waals surface area contributed by atoms with Crippen LogP contribution in [0.4, 0.5) is 5.69 Å². The summed E-state index contributed by atoms with van der Waals surface area (Å²) in [5.74, 6) is 0.538. The Balaban J connectivity index is 2.41. The molecule has 3 aromatic rings. The minimum absolute atomic E-state index is 0.0534. The van der Waals surface area contributed by atoms with Crippen molar-refractivity contribution >= 4 is 22.4 Å². The maximum absolute atomic E-state index is 12.7. The Kier molecular flexibility index (Phi) is 4.80. The van der Waals surface area contributed by atoms with Gasteiger partial charge >= 0.3 is 0 Å². The highest BCUT2D eigenvalue weighted by molar-refractivity contribution is 5.95. The molecule has 1 N–H and O–H groups in total. The van der Waals surface area contributed by atoms with Gasteiger partial charge in [-0.25, -0.2) is 0 Å². The molecular weight excluding hydrogens is 328 g/mol. The number of carbonyl (C=O) groups excluding carboxylic acids is 1. The molecular formula is C21H22N2O3. The number of amides is 1. The van der Waals surface area contributed by atoms with Crippen molar-refractivity contribution < 1.29 is 9.53 Å². The van der Waals surface area contributed by atoms with Crippen LogP contribution in [0.5, 0.6) is 5.75 Å². The van der Waals surface area contributed by atoms with Gasteiger partial charge in [0, 0.05) is 23.7 Å². The predicted molar refractivity (Wildman–Crippen MR) is 104 cm³/mol. The van der Waals surface area contributed by atoms with Gasteiger partial charge in [0.15, 0.2) is 5.43 Å². The third kappa shape index (κ3) is 2.96. The summed E-state index contributed by atoms with van der Waals surface area (Å²) in [7, 11) is 0. The SMILES string of the molecule is CCOc1cccc(=O)c2c(C)n(-c3ccccc3NC(C)=O)c(C)c12. The van der Waals surface area contributed by atoms with Crippen LogP contribution in [0, 0.1) is 13.8 Å². The molecule has 26 heavy (non-hydrogen) atoms. The molecule has 0 spiro atoms. The highest BCUT2D eigenvalue weighted by Crippen LogP contribution is 2.34. The van der Waals surface area contributed by atoms with Gasteiger partial charge in [-0.15, -0.1) is 0 Å². The number of anilines is 1.